The summed E-state index contributed by atoms with van der Waals surface area (Å²) in [6, 6.07) is 6.27. The van der Waals surface area contributed by atoms with Crippen molar-refractivity contribution in [2.45, 2.75) is 32.9 Å². The Morgan fingerprint density at radius 2 is 1.54 bits per heavy atom. The van der Waals surface area contributed by atoms with Crippen LogP contribution in [0.1, 0.15) is 36.7 Å². The predicted octanol–water partition coefficient (Wildman–Crippen LogP) is 1.73. The number of rotatable bonds is 3. The Kier molecular flexibility index (Phi) is 3.46. The van der Waals surface area contributed by atoms with Gasteiger partial charge in [-0.3, -0.25) is 0 Å². The predicted molar refractivity (Wildman–Crippen MR) is 56.3 cm³/mol. The Morgan fingerprint density at radius 1 is 1.08 bits per heavy atom. The number of hydrogen-bond acceptors (Lipinski definition) is 2. The van der Waals surface area contributed by atoms with Crippen molar-refractivity contribution in [2.24, 2.45) is 11.5 Å². The van der Waals surface area contributed by atoms with Gasteiger partial charge < -0.3 is 11.5 Å². The van der Waals surface area contributed by atoms with E-state index < -0.39 is 0 Å². The van der Waals surface area contributed by atoms with Gasteiger partial charge in [-0.15, -0.1) is 0 Å². The summed E-state index contributed by atoms with van der Waals surface area (Å²) in [6.07, 6.45) is 1.65. The summed E-state index contributed by atoms with van der Waals surface area (Å²) in [5, 5.41) is 0. The molecular formula is C11H18N2. The Hall–Kier alpha value is -0.860. The molecule has 1 aromatic carbocycles. The van der Waals surface area contributed by atoms with Crippen LogP contribution in [0.2, 0.25) is 0 Å². The first-order valence-electron chi connectivity index (χ1n) is 4.82. The van der Waals surface area contributed by atoms with Crippen molar-refractivity contribution in [3.05, 3.63) is 34.9 Å². The van der Waals surface area contributed by atoms with Gasteiger partial charge in [0.1, 0.15) is 0 Å². The monoisotopic (exact) mass is 178 g/mol. The fourth-order valence-corrected chi connectivity index (χ4v) is 1.71. The van der Waals surface area contributed by atoms with Gasteiger partial charge in [-0.2, -0.15) is 0 Å². The maximum atomic E-state index is 5.74. The highest BCUT2D eigenvalue weighted by Crippen LogP contribution is 2.19. The van der Waals surface area contributed by atoms with Gasteiger partial charge in [0.2, 0.25) is 0 Å². The molecule has 0 saturated heterocycles. The lowest BCUT2D eigenvalue weighted by atomic mass is 9.96. The Morgan fingerprint density at radius 3 is 1.85 bits per heavy atom. The normalized spacial score (nSPS) is 10.8. The number of aryl methyl sites for hydroxylation is 2. The van der Waals surface area contributed by atoms with E-state index in [1.165, 1.54) is 11.1 Å². The van der Waals surface area contributed by atoms with Crippen molar-refractivity contribution < 1.29 is 0 Å². The van der Waals surface area contributed by atoms with E-state index in [9.17, 15) is 0 Å². The maximum Gasteiger partial charge on any atom is 0.0790 e. The molecule has 0 spiro atoms. The molecule has 4 N–H and O–H groups in total. The molecule has 0 atom stereocenters. The molecule has 13 heavy (non-hydrogen) atoms. The lowest BCUT2D eigenvalue weighted by Gasteiger charge is -2.15. The molecule has 0 aromatic heterocycles. The Labute approximate surface area is 79.9 Å². The molecule has 0 amide bonds. The minimum atomic E-state index is -0.342. The molecule has 2 nitrogen and oxygen atoms in total. The van der Waals surface area contributed by atoms with Gasteiger partial charge in [0, 0.05) is 0 Å². The van der Waals surface area contributed by atoms with Crippen LogP contribution in [0.5, 0.6) is 0 Å². The van der Waals surface area contributed by atoms with Gasteiger partial charge in [0.05, 0.1) is 6.17 Å². The molecule has 2 heteroatoms. The zero-order chi connectivity index (χ0) is 9.84. The Balaban J connectivity index is 3.21. The van der Waals surface area contributed by atoms with Gasteiger partial charge >= 0.3 is 0 Å². The van der Waals surface area contributed by atoms with Crippen molar-refractivity contribution in [3.8, 4) is 0 Å². The first kappa shape index (κ1) is 10.2. The summed E-state index contributed by atoms with van der Waals surface area (Å²) in [5.41, 5.74) is 15.2. The van der Waals surface area contributed by atoms with Crippen LogP contribution in [0, 0.1) is 0 Å². The quantitative estimate of drug-likeness (QED) is 0.692. The zero-order valence-corrected chi connectivity index (χ0v) is 8.38. The summed E-state index contributed by atoms with van der Waals surface area (Å²) in [4.78, 5) is 0. The molecule has 0 aliphatic carbocycles. The van der Waals surface area contributed by atoms with Gasteiger partial charge in [-0.1, -0.05) is 32.0 Å². The maximum absolute atomic E-state index is 5.74. The molecule has 0 heterocycles. The lowest BCUT2D eigenvalue weighted by molar-refractivity contribution is 0.746. The zero-order valence-electron chi connectivity index (χ0n) is 8.38. The van der Waals surface area contributed by atoms with Gasteiger partial charge in [-0.25, -0.2) is 0 Å². The van der Waals surface area contributed by atoms with Crippen LogP contribution >= 0.6 is 0 Å². The van der Waals surface area contributed by atoms with Crippen LogP contribution < -0.4 is 11.5 Å². The topological polar surface area (TPSA) is 52.0 Å². The lowest BCUT2D eigenvalue weighted by Crippen LogP contribution is -2.23. The van der Waals surface area contributed by atoms with Crippen molar-refractivity contribution in [1.82, 2.24) is 0 Å². The summed E-state index contributed by atoms with van der Waals surface area (Å²) >= 11 is 0. The van der Waals surface area contributed by atoms with E-state index in [1.807, 2.05) is 0 Å². The summed E-state index contributed by atoms with van der Waals surface area (Å²) in [6.45, 7) is 4.25. The van der Waals surface area contributed by atoms with Gasteiger partial charge in [0.25, 0.3) is 0 Å². The molecule has 0 radical (unpaired) electrons. The molecule has 0 fully saturated rings. The second-order valence-corrected chi connectivity index (χ2v) is 3.22. The third kappa shape index (κ3) is 2.08. The molecule has 0 saturated carbocycles. The molecular weight excluding hydrogens is 160 g/mol. The highest BCUT2D eigenvalue weighted by Gasteiger charge is 2.09. The van der Waals surface area contributed by atoms with Crippen LogP contribution in [-0.2, 0) is 12.8 Å². The van der Waals surface area contributed by atoms with Crippen molar-refractivity contribution in [3.63, 3.8) is 0 Å². The van der Waals surface area contributed by atoms with E-state index >= 15 is 0 Å². The van der Waals surface area contributed by atoms with Crippen LogP contribution in [0.3, 0.4) is 0 Å². The minimum absolute atomic E-state index is 0.342. The first-order valence-corrected chi connectivity index (χ1v) is 4.82. The van der Waals surface area contributed by atoms with Gasteiger partial charge in [0.15, 0.2) is 0 Å². The second-order valence-electron chi connectivity index (χ2n) is 3.22. The average molecular weight is 178 g/mol. The minimum Gasteiger partial charge on any atom is -0.312 e. The summed E-state index contributed by atoms with van der Waals surface area (Å²) in [7, 11) is 0. The second kappa shape index (κ2) is 4.40. The highest BCUT2D eigenvalue weighted by atomic mass is 14.8. The van der Waals surface area contributed by atoms with Crippen molar-refractivity contribution >= 4 is 0 Å². The number of nitrogens with two attached hydrogens (primary N) is 2. The van der Waals surface area contributed by atoms with Crippen LogP contribution in [-0.4, -0.2) is 0 Å². The fraction of sp³-hybridized carbons (Fsp3) is 0.455. The third-order valence-corrected chi connectivity index (χ3v) is 2.38. The molecule has 1 aromatic rings. The van der Waals surface area contributed by atoms with E-state index in [2.05, 4.69) is 32.0 Å². The molecule has 0 unspecified atom stereocenters. The van der Waals surface area contributed by atoms with Gasteiger partial charge in [-0.05, 0) is 29.5 Å². The van der Waals surface area contributed by atoms with Crippen LogP contribution in [0.4, 0.5) is 0 Å². The smallest absolute Gasteiger partial charge is 0.0790 e. The highest BCUT2D eigenvalue weighted by molar-refractivity contribution is 5.37. The van der Waals surface area contributed by atoms with E-state index in [-0.39, 0.29) is 6.17 Å². The van der Waals surface area contributed by atoms with Crippen molar-refractivity contribution in [2.75, 3.05) is 0 Å². The standard InChI is InChI=1S/C11H18N2/c1-3-8-6-5-7-9(4-2)10(8)11(12)13/h5-7,11H,3-4,12-13H2,1-2H3. The molecule has 0 aliphatic heterocycles. The van der Waals surface area contributed by atoms with Crippen LogP contribution in [0.25, 0.3) is 0 Å². The van der Waals surface area contributed by atoms with E-state index in [4.69, 9.17) is 11.5 Å². The molecule has 0 bridgehead atoms. The average Bonchev–Trinajstić information content (AvgIpc) is 2.16. The van der Waals surface area contributed by atoms with E-state index in [1.54, 1.807) is 0 Å². The van der Waals surface area contributed by atoms with E-state index in [0.29, 0.717) is 0 Å². The fourth-order valence-electron chi connectivity index (χ4n) is 1.71. The van der Waals surface area contributed by atoms with E-state index in [0.717, 1.165) is 18.4 Å². The molecule has 0 aliphatic rings. The summed E-state index contributed by atoms with van der Waals surface area (Å²) in [5.74, 6) is 0. The Bertz CT molecular complexity index is 257. The van der Waals surface area contributed by atoms with Crippen LogP contribution in [0.15, 0.2) is 18.2 Å². The number of hydrogen-bond donors (Lipinski definition) is 2. The van der Waals surface area contributed by atoms with Crippen molar-refractivity contribution in [1.29, 1.82) is 0 Å². The molecule has 72 valence electrons. The largest absolute Gasteiger partial charge is 0.312 e. The summed E-state index contributed by atoms with van der Waals surface area (Å²) < 4.78 is 0. The number of benzene rings is 1. The third-order valence-electron chi connectivity index (χ3n) is 2.38. The SMILES string of the molecule is CCc1cccc(CC)c1C(N)N. The first-order chi connectivity index (χ1) is 6.20. The molecule has 1 rings (SSSR count).